The third-order valence-electron chi connectivity index (χ3n) is 1.83. The molecule has 5 heteroatoms. The molecule has 1 aromatic rings. The van der Waals surface area contributed by atoms with Crippen molar-refractivity contribution in [1.29, 1.82) is 0 Å². The highest BCUT2D eigenvalue weighted by Crippen LogP contribution is 2.06. The maximum absolute atomic E-state index is 10.5. The average Bonchev–Trinajstić information content (AvgIpc) is 2.30. The minimum atomic E-state index is -1.000. The van der Waals surface area contributed by atoms with Gasteiger partial charge in [-0.1, -0.05) is 0 Å². The Morgan fingerprint density at radius 1 is 1.69 bits per heavy atom. The summed E-state index contributed by atoms with van der Waals surface area (Å²) in [6, 6.07) is -0.874. The number of nitrogens with two attached hydrogens (primary N) is 1. The number of rotatable bonds is 3. The van der Waals surface area contributed by atoms with E-state index in [0.29, 0.717) is 0 Å². The Hall–Kier alpha value is -1.36. The van der Waals surface area contributed by atoms with Gasteiger partial charge in [-0.15, -0.1) is 0 Å². The molecule has 4 N–H and O–H groups in total. The van der Waals surface area contributed by atoms with Gasteiger partial charge < -0.3 is 15.8 Å². The number of carboxylic acid groups (broad SMARTS) is 1. The lowest BCUT2D eigenvalue weighted by Gasteiger charge is -2.03. The van der Waals surface area contributed by atoms with Crippen LogP contribution in [0.4, 0.5) is 0 Å². The van der Waals surface area contributed by atoms with Crippen molar-refractivity contribution in [3.8, 4) is 0 Å². The molecule has 0 saturated heterocycles. The van der Waals surface area contributed by atoms with Crippen LogP contribution in [0.5, 0.6) is 0 Å². The molecule has 72 valence electrons. The largest absolute Gasteiger partial charge is 0.480 e. The summed E-state index contributed by atoms with van der Waals surface area (Å²) in [7, 11) is 0. The number of aromatic amines is 1. The summed E-state index contributed by atoms with van der Waals surface area (Å²) in [6.07, 6.45) is 0.269. The number of H-pyrrole nitrogens is 1. The minimum Gasteiger partial charge on any atom is -0.480 e. The number of imidazole rings is 1. The van der Waals surface area contributed by atoms with Crippen LogP contribution in [0.1, 0.15) is 17.2 Å². The number of nitrogens with one attached hydrogen (secondary N) is 1. The zero-order valence-corrected chi connectivity index (χ0v) is 7.66. The number of hydrogen-bond acceptors (Lipinski definition) is 3. The zero-order valence-electron chi connectivity index (χ0n) is 7.66. The van der Waals surface area contributed by atoms with E-state index in [9.17, 15) is 4.79 Å². The highest BCUT2D eigenvalue weighted by Gasteiger charge is 2.15. The van der Waals surface area contributed by atoms with Crippen LogP contribution >= 0.6 is 0 Å². The molecule has 0 amide bonds. The predicted molar refractivity (Wildman–Crippen MR) is 47.4 cm³/mol. The fourth-order valence-corrected chi connectivity index (χ4v) is 1.15. The van der Waals surface area contributed by atoms with Crippen molar-refractivity contribution in [2.45, 2.75) is 26.3 Å². The zero-order chi connectivity index (χ0) is 10.0. The van der Waals surface area contributed by atoms with Gasteiger partial charge in [0.25, 0.3) is 0 Å². The molecule has 0 aliphatic rings. The van der Waals surface area contributed by atoms with E-state index < -0.39 is 12.0 Å². The van der Waals surface area contributed by atoms with Gasteiger partial charge in [-0.25, -0.2) is 4.98 Å². The number of aromatic nitrogens is 2. The standard InChI is InChI=1S/C8H13N3O2/c1-4-7(11-5(2)10-4)3-6(9)8(12)13/h6H,3,9H2,1-2H3,(H,10,11)(H,12,13). The molecule has 1 rings (SSSR count). The van der Waals surface area contributed by atoms with Gasteiger partial charge in [0.2, 0.25) is 0 Å². The fraction of sp³-hybridized carbons (Fsp3) is 0.500. The second-order valence-corrected chi connectivity index (χ2v) is 3.04. The summed E-state index contributed by atoms with van der Waals surface area (Å²) in [5.74, 6) is -0.217. The van der Waals surface area contributed by atoms with E-state index in [1.165, 1.54) is 0 Å². The van der Waals surface area contributed by atoms with Crippen LogP contribution in [0.15, 0.2) is 0 Å². The van der Waals surface area contributed by atoms with Crippen LogP contribution < -0.4 is 5.73 Å². The highest BCUT2D eigenvalue weighted by molar-refractivity contribution is 5.73. The molecule has 1 heterocycles. The Bertz CT molecular complexity index is 319. The third-order valence-corrected chi connectivity index (χ3v) is 1.83. The monoisotopic (exact) mass is 183 g/mol. The maximum Gasteiger partial charge on any atom is 0.320 e. The number of carboxylic acids is 1. The van der Waals surface area contributed by atoms with Crippen LogP contribution in [0.2, 0.25) is 0 Å². The molecular formula is C8H13N3O2. The van der Waals surface area contributed by atoms with Crippen molar-refractivity contribution in [1.82, 2.24) is 9.97 Å². The van der Waals surface area contributed by atoms with Gasteiger partial charge in [-0.05, 0) is 13.8 Å². The van der Waals surface area contributed by atoms with Crippen LogP contribution in [-0.2, 0) is 11.2 Å². The van der Waals surface area contributed by atoms with Gasteiger partial charge in [0, 0.05) is 12.1 Å². The van der Waals surface area contributed by atoms with E-state index in [1.54, 1.807) is 0 Å². The number of aliphatic carboxylic acids is 1. The van der Waals surface area contributed by atoms with Crippen LogP contribution in [0.3, 0.4) is 0 Å². The van der Waals surface area contributed by atoms with E-state index in [0.717, 1.165) is 17.2 Å². The molecule has 0 saturated carbocycles. The highest BCUT2D eigenvalue weighted by atomic mass is 16.4. The first-order valence-electron chi connectivity index (χ1n) is 4.01. The first-order chi connectivity index (χ1) is 6.00. The van der Waals surface area contributed by atoms with E-state index in [4.69, 9.17) is 10.8 Å². The number of hydrogen-bond donors (Lipinski definition) is 3. The SMILES string of the molecule is Cc1nc(CC(N)C(=O)O)c(C)[nH]1. The van der Waals surface area contributed by atoms with Gasteiger partial charge in [0.1, 0.15) is 11.9 Å². The lowest BCUT2D eigenvalue weighted by atomic mass is 10.1. The van der Waals surface area contributed by atoms with E-state index in [1.807, 2.05) is 13.8 Å². The topological polar surface area (TPSA) is 92.0 Å². The van der Waals surface area contributed by atoms with Gasteiger partial charge >= 0.3 is 5.97 Å². The van der Waals surface area contributed by atoms with Crippen molar-refractivity contribution in [2.24, 2.45) is 5.73 Å². The summed E-state index contributed by atoms with van der Waals surface area (Å²) in [5.41, 5.74) is 6.99. The molecule has 5 nitrogen and oxygen atoms in total. The molecule has 0 radical (unpaired) electrons. The molecule has 0 bridgehead atoms. The molecule has 0 aliphatic heterocycles. The van der Waals surface area contributed by atoms with Crippen LogP contribution in [-0.4, -0.2) is 27.1 Å². The van der Waals surface area contributed by atoms with Crippen molar-refractivity contribution < 1.29 is 9.90 Å². The summed E-state index contributed by atoms with van der Waals surface area (Å²) >= 11 is 0. The molecule has 1 aromatic heterocycles. The molecular weight excluding hydrogens is 170 g/mol. The van der Waals surface area contributed by atoms with E-state index in [-0.39, 0.29) is 6.42 Å². The Balaban J connectivity index is 2.74. The molecule has 1 unspecified atom stereocenters. The van der Waals surface area contributed by atoms with Crippen molar-refractivity contribution in [3.63, 3.8) is 0 Å². The van der Waals surface area contributed by atoms with Gasteiger partial charge in [-0.2, -0.15) is 0 Å². The number of nitrogens with zero attached hydrogens (tertiary/aromatic N) is 1. The summed E-state index contributed by atoms with van der Waals surface area (Å²) in [4.78, 5) is 17.6. The first kappa shape index (κ1) is 9.73. The predicted octanol–water partition coefficient (Wildman–Crippen LogP) is -0.0191. The quantitative estimate of drug-likeness (QED) is 0.614. The molecule has 0 aliphatic carbocycles. The Labute approximate surface area is 76.0 Å². The average molecular weight is 183 g/mol. The van der Waals surface area contributed by atoms with Gasteiger partial charge in [0.05, 0.1) is 5.69 Å². The van der Waals surface area contributed by atoms with Crippen molar-refractivity contribution >= 4 is 5.97 Å². The van der Waals surface area contributed by atoms with Crippen LogP contribution in [0.25, 0.3) is 0 Å². The van der Waals surface area contributed by atoms with Crippen molar-refractivity contribution in [3.05, 3.63) is 17.2 Å². The minimum absolute atomic E-state index is 0.269. The summed E-state index contributed by atoms with van der Waals surface area (Å²) in [5, 5.41) is 8.58. The normalized spacial score (nSPS) is 12.8. The maximum atomic E-state index is 10.5. The number of carbonyl (C=O) groups is 1. The molecule has 1 atom stereocenters. The summed E-state index contributed by atoms with van der Waals surface area (Å²) in [6.45, 7) is 3.67. The number of aryl methyl sites for hydroxylation is 2. The van der Waals surface area contributed by atoms with Gasteiger partial charge in [0.15, 0.2) is 0 Å². The molecule has 0 aromatic carbocycles. The second-order valence-electron chi connectivity index (χ2n) is 3.04. The molecule has 13 heavy (non-hydrogen) atoms. The van der Waals surface area contributed by atoms with Gasteiger partial charge in [-0.3, -0.25) is 4.79 Å². The Kier molecular flexibility index (Phi) is 2.67. The molecule has 0 fully saturated rings. The summed E-state index contributed by atoms with van der Waals surface area (Å²) < 4.78 is 0. The lowest BCUT2D eigenvalue weighted by Crippen LogP contribution is -2.32. The Morgan fingerprint density at radius 3 is 2.69 bits per heavy atom. The third kappa shape index (κ3) is 2.29. The van der Waals surface area contributed by atoms with Crippen LogP contribution in [0, 0.1) is 13.8 Å². The second kappa shape index (κ2) is 3.57. The van der Waals surface area contributed by atoms with E-state index in [2.05, 4.69) is 9.97 Å². The van der Waals surface area contributed by atoms with E-state index >= 15 is 0 Å². The van der Waals surface area contributed by atoms with Crippen molar-refractivity contribution in [2.75, 3.05) is 0 Å². The first-order valence-corrected chi connectivity index (χ1v) is 4.01. The Morgan fingerprint density at radius 2 is 2.31 bits per heavy atom. The smallest absolute Gasteiger partial charge is 0.320 e. The lowest BCUT2D eigenvalue weighted by molar-refractivity contribution is -0.138. The molecule has 0 spiro atoms. The fourth-order valence-electron chi connectivity index (χ4n) is 1.15.